The van der Waals surface area contributed by atoms with Crippen LogP contribution in [-0.2, 0) is 14.3 Å². The van der Waals surface area contributed by atoms with Gasteiger partial charge in [-0.05, 0) is 47.0 Å². The quantitative estimate of drug-likeness (QED) is 0.724. The van der Waals surface area contributed by atoms with Gasteiger partial charge in [-0.3, -0.25) is 4.79 Å². The second-order valence-electron chi connectivity index (χ2n) is 6.63. The highest BCUT2D eigenvalue weighted by Gasteiger charge is 2.43. The molecule has 0 bridgehead atoms. The predicted octanol–water partition coefficient (Wildman–Crippen LogP) is 2.44. The highest BCUT2D eigenvalue weighted by molar-refractivity contribution is 5.76. The minimum absolute atomic E-state index is 0.104. The number of carbonyl (C=O) groups excluding carboxylic acids is 2. The number of hydrogen-bond donors (Lipinski definition) is 0. The summed E-state index contributed by atoms with van der Waals surface area (Å²) in [6, 6.07) is 0. The second-order valence-corrected chi connectivity index (χ2v) is 6.63. The number of rotatable bonds is 2. The van der Waals surface area contributed by atoms with Crippen molar-refractivity contribution in [2.45, 2.75) is 46.6 Å². The molecule has 0 aromatic carbocycles. The summed E-state index contributed by atoms with van der Waals surface area (Å²) in [6.07, 6.45) is 0.483. The van der Waals surface area contributed by atoms with E-state index in [0.717, 1.165) is 6.42 Å². The summed E-state index contributed by atoms with van der Waals surface area (Å²) in [6.45, 7) is 10.4. The van der Waals surface area contributed by atoms with Crippen LogP contribution in [-0.4, -0.2) is 42.8 Å². The minimum atomic E-state index is -0.578. The van der Waals surface area contributed by atoms with Crippen molar-refractivity contribution in [1.82, 2.24) is 4.90 Å². The molecule has 0 aliphatic carbocycles. The lowest BCUT2D eigenvalue weighted by atomic mass is 9.78. The maximum absolute atomic E-state index is 12.0. The predicted molar refractivity (Wildman–Crippen MR) is 71.7 cm³/mol. The molecule has 0 aromatic rings. The van der Waals surface area contributed by atoms with E-state index in [-0.39, 0.29) is 18.0 Å². The van der Waals surface area contributed by atoms with E-state index in [1.807, 2.05) is 34.6 Å². The number of hydrogen-bond acceptors (Lipinski definition) is 4. The SMILES string of the molecule is COC(=O)C(C)(C)C1CCN(C(=O)OC(C)(C)C)C1. The average Bonchev–Trinajstić information content (AvgIpc) is 2.75. The number of nitrogens with zero attached hydrogens (tertiary/aromatic N) is 1. The van der Waals surface area contributed by atoms with Gasteiger partial charge in [-0.2, -0.15) is 0 Å². The molecule has 5 heteroatoms. The topological polar surface area (TPSA) is 55.8 Å². The van der Waals surface area contributed by atoms with Crippen molar-refractivity contribution in [3.8, 4) is 0 Å². The van der Waals surface area contributed by atoms with Gasteiger partial charge in [0.05, 0.1) is 12.5 Å². The lowest BCUT2D eigenvalue weighted by Gasteiger charge is -2.29. The van der Waals surface area contributed by atoms with Crippen LogP contribution in [0.4, 0.5) is 4.79 Å². The highest BCUT2D eigenvalue weighted by Crippen LogP contribution is 2.35. The fourth-order valence-electron chi connectivity index (χ4n) is 2.27. The number of amides is 1. The van der Waals surface area contributed by atoms with Crippen molar-refractivity contribution in [2.24, 2.45) is 11.3 Å². The van der Waals surface area contributed by atoms with Gasteiger partial charge < -0.3 is 14.4 Å². The lowest BCUT2D eigenvalue weighted by molar-refractivity contribution is -0.153. The van der Waals surface area contributed by atoms with Gasteiger partial charge in [0, 0.05) is 13.1 Å². The van der Waals surface area contributed by atoms with Crippen molar-refractivity contribution in [3.63, 3.8) is 0 Å². The molecule has 1 fully saturated rings. The van der Waals surface area contributed by atoms with Gasteiger partial charge in [0.25, 0.3) is 0 Å². The molecule has 1 saturated heterocycles. The Hall–Kier alpha value is -1.26. The molecule has 1 rings (SSSR count). The Morgan fingerprint density at radius 2 is 1.74 bits per heavy atom. The molecule has 0 radical (unpaired) electrons. The third kappa shape index (κ3) is 3.85. The Morgan fingerprint density at radius 1 is 1.16 bits per heavy atom. The van der Waals surface area contributed by atoms with Gasteiger partial charge in [-0.25, -0.2) is 4.79 Å². The molecule has 0 N–H and O–H groups in total. The molecular formula is C14H25NO4. The van der Waals surface area contributed by atoms with Crippen LogP contribution < -0.4 is 0 Å². The third-order valence-electron chi connectivity index (χ3n) is 3.57. The minimum Gasteiger partial charge on any atom is -0.469 e. The molecule has 1 aliphatic rings. The first-order chi connectivity index (χ1) is 8.58. The zero-order valence-electron chi connectivity index (χ0n) is 12.8. The Kier molecular flexibility index (Phi) is 4.48. The largest absolute Gasteiger partial charge is 0.469 e. The van der Waals surface area contributed by atoms with Crippen LogP contribution in [0.2, 0.25) is 0 Å². The van der Waals surface area contributed by atoms with Crippen LogP contribution in [0.3, 0.4) is 0 Å². The van der Waals surface area contributed by atoms with Crippen LogP contribution >= 0.6 is 0 Å². The highest BCUT2D eigenvalue weighted by atomic mass is 16.6. The molecule has 5 nitrogen and oxygen atoms in total. The van der Waals surface area contributed by atoms with E-state index in [0.29, 0.717) is 13.1 Å². The van der Waals surface area contributed by atoms with E-state index < -0.39 is 11.0 Å². The molecule has 1 heterocycles. The first kappa shape index (κ1) is 15.8. The van der Waals surface area contributed by atoms with Crippen molar-refractivity contribution in [1.29, 1.82) is 0 Å². The first-order valence-electron chi connectivity index (χ1n) is 6.64. The van der Waals surface area contributed by atoms with Crippen molar-refractivity contribution < 1.29 is 19.1 Å². The zero-order chi connectivity index (χ0) is 14.8. The normalized spacial score (nSPS) is 20.3. The number of carbonyl (C=O) groups is 2. The van der Waals surface area contributed by atoms with E-state index >= 15 is 0 Å². The fraction of sp³-hybridized carbons (Fsp3) is 0.857. The summed E-state index contributed by atoms with van der Waals surface area (Å²) in [5.74, 6) is -0.129. The van der Waals surface area contributed by atoms with E-state index in [9.17, 15) is 9.59 Å². The molecule has 1 unspecified atom stereocenters. The molecule has 1 aliphatic heterocycles. The lowest BCUT2D eigenvalue weighted by Crippen LogP contribution is -2.39. The molecule has 110 valence electrons. The third-order valence-corrected chi connectivity index (χ3v) is 3.57. The van der Waals surface area contributed by atoms with Gasteiger partial charge >= 0.3 is 12.1 Å². The fourth-order valence-corrected chi connectivity index (χ4v) is 2.27. The van der Waals surface area contributed by atoms with Gasteiger partial charge in [0.15, 0.2) is 0 Å². The van der Waals surface area contributed by atoms with E-state index in [2.05, 4.69) is 0 Å². The van der Waals surface area contributed by atoms with Crippen LogP contribution in [0.15, 0.2) is 0 Å². The van der Waals surface area contributed by atoms with Crippen molar-refractivity contribution >= 4 is 12.1 Å². The van der Waals surface area contributed by atoms with E-state index in [1.165, 1.54) is 7.11 Å². The Morgan fingerprint density at radius 3 is 2.21 bits per heavy atom. The number of methoxy groups -OCH3 is 1. The van der Waals surface area contributed by atoms with Gasteiger partial charge in [-0.15, -0.1) is 0 Å². The maximum atomic E-state index is 12.0. The van der Waals surface area contributed by atoms with Gasteiger partial charge in [0.1, 0.15) is 5.60 Å². The molecule has 0 spiro atoms. The maximum Gasteiger partial charge on any atom is 0.410 e. The van der Waals surface area contributed by atoms with Gasteiger partial charge in [0.2, 0.25) is 0 Å². The summed E-state index contributed by atoms with van der Waals surface area (Å²) >= 11 is 0. The van der Waals surface area contributed by atoms with Crippen LogP contribution in [0.5, 0.6) is 0 Å². The molecule has 0 saturated carbocycles. The van der Waals surface area contributed by atoms with E-state index in [4.69, 9.17) is 9.47 Å². The Balaban J connectivity index is 2.64. The number of esters is 1. The second kappa shape index (κ2) is 5.39. The Bertz CT molecular complexity index is 357. The average molecular weight is 271 g/mol. The number of likely N-dealkylation sites (tertiary alicyclic amines) is 1. The van der Waals surface area contributed by atoms with Crippen LogP contribution in [0.25, 0.3) is 0 Å². The molecule has 1 amide bonds. The standard InChI is InChI=1S/C14H25NO4/c1-13(2,3)19-12(17)15-8-7-10(9-15)14(4,5)11(16)18-6/h10H,7-9H2,1-6H3. The molecule has 0 aromatic heterocycles. The summed E-state index contributed by atoms with van der Waals surface area (Å²) in [5, 5.41) is 0. The zero-order valence-corrected chi connectivity index (χ0v) is 12.8. The Labute approximate surface area is 115 Å². The van der Waals surface area contributed by atoms with Crippen LogP contribution in [0, 0.1) is 11.3 Å². The summed E-state index contributed by atoms with van der Waals surface area (Å²) in [7, 11) is 1.39. The summed E-state index contributed by atoms with van der Waals surface area (Å²) in [4.78, 5) is 25.4. The van der Waals surface area contributed by atoms with Crippen molar-refractivity contribution in [2.75, 3.05) is 20.2 Å². The number of ether oxygens (including phenoxy) is 2. The summed E-state index contributed by atoms with van der Waals surface area (Å²) in [5.41, 5.74) is -1.07. The van der Waals surface area contributed by atoms with E-state index in [1.54, 1.807) is 4.90 Å². The van der Waals surface area contributed by atoms with Gasteiger partial charge in [-0.1, -0.05) is 0 Å². The molecular weight excluding hydrogens is 246 g/mol. The van der Waals surface area contributed by atoms with Crippen LogP contribution in [0.1, 0.15) is 41.0 Å². The summed E-state index contributed by atoms with van der Waals surface area (Å²) < 4.78 is 10.2. The van der Waals surface area contributed by atoms with Crippen molar-refractivity contribution in [3.05, 3.63) is 0 Å². The molecule has 19 heavy (non-hydrogen) atoms. The first-order valence-corrected chi connectivity index (χ1v) is 6.64. The molecule has 1 atom stereocenters. The smallest absolute Gasteiger partial charge is 0.410 e. The monoisotopic (exact) mass is 271 g/mol.